The number of aromatic nitrogens is 4. The maximum absolute atomic E-state index is 12.7. The van der Waals surface area contributed by atoms with E-state index in [0.29, 0.717) is 5.39 Å². The van der Waals surface area contributed by atoms with Crippen LogP contribution in [0.15, 0.2) is 41.5 Å². The molecule has 0 atom stereocenters. The van der Waals surface area contributed by atoms with E-state index >= 15 is 0 Å². The molecule has 0 bridgehead atoms. The molecule has 0 fully saturated rings. The van der Waals surface area contributed by atoms with E-state index in [2.05, 4.69) is 15.3 Å². The van der Waals surface area contributed by atoms with Gasteiger partial charge in [0.05, 0.1) is 17.4 Å². The molecule has 5 nitrogen and oxygen atoms in total. The minimum absolute atomic E-state index is 0.123. The summed E-state index contributed by atoms with van der Waals surface area (Å²) >= 11 is 0. The molecule has 0 amide bonds. The van der Waals surface area contributed by atoms with Crippen molar-refractivity contribution in [1.82, 2.24) is 20.0 Å². The molecule has 2 aromatic heterocycles. The zero-order valence-electron chi connectivity index (χ0n) is 9.85. The lowest BCUT2D eigenvalue weighted by atomic mass is 10.2. The van der Waals surface area contributed by atoms with Crippen molar-refractivity contribution in [3.8, 4) is 5.69 Å². The van der Waals surface area contributed by atoms with Crippen LogP contribution in [0.1, 0.15) is 5.56 Å². The predicted octanol–water partition coefficient (Wildman–Crippen LogP) is 2.13. The molecule has 8 heteroatoms. The summed E-state index contributed by atoms with van der Waals surface area (Å²) in [7, 11) is 0. The lowest BCUT2D eigenvalue weighted by molar-refractivity contribution is -0.137. The van der Waals surface area contributed by atoms with Gasteiger partial charge in [-0.3, -0.25) is 4.79 Å². The molecule has 1 aromatic carbocycles. The van der Waals surface area contributed by atoms with Crippen LogP contribution in [0.25, 0.3) is 16.6 Å². The normalized spacial score (nSPS) is 11.9. The summed E-state index contributed by atoms with van der Waals surface area (Å²) in [5.74, 6) is 0. The minimum Gasteiger partial charge on any atom is -0.265 e. The third kappa shape index (κ3) is 2.04. The topological polar surface area (TPSA) is 63.6 Å². The standard InChI is InChI=1S/C12H7F3N4O/c13-12(14,15)8-2-1-3-9(4-8)19-6-7-5-16-17-11(20)10(7)18-19/h1-6H,(H,17,20). The van der Waals surface area contributed by atoms with Crippen LogP contribution in [0, 0.1) is 0 Å². The monoisotopic (exact) mass is 280 g/mol. The second-order valence-electron chi connectivity index (χ2n) is 4.12. The Morgan fingerprint density at radius 2 is 2.05 bits per heavy atom. The Bertz CT molecular complexity index is 834. The van der Waals surface area contributed by atoms with Gasteiger partial charge in [0, 0.05) is 11.6 Å². The molecule has 0 unspecified atom stereocenters. The summed E-state index contributed by atoms with van der Waals surface area (Å²) in [5, 5.41) is 10.2. The third-order valence-corrected chi connectivity index (χ3v) is 2.77. The Morgan fingerprint density at radius 3 is 2.75 bits per heavy atom. The highest BCUT2D eigenvalue weighted by molar-refractivity contribution is 5.76. The quantitative estimate of drug-likeness (QED) is 0.742. The highest BCUT2D eigenvalue weighted by Gasteiger charge is 2.30. The first-order chi connectivity index (χ1) is 9.45. The summed E-state index contributed by atoms with van der Waals surface area (Å²) in [4.78, 5) is 11.5. The Labute approximate surface area is 109 Å². The number of halogens is 3. The van der Waals surface area contributed by atoms with E-state index < -0.39 is 17.3 Å². The number of hydrogen-bond acceptors (Lipinski definition) is 3. The van der Waals surface area contributed by atoms with Gasteiger partial charge >= 0.3 is 6.18 Å². The van der Waals surface area contributed by atoms with Crippen molar-refractivity contribution in [1.29, 1.82) is 0 Å². The first kappa shape index (κ1) is 12.4. The molecule has 0 aliphatic rings. The number of H-pyrrole nitrogens is 1. The van der Waals surface area contributed by atoms with Crippen molar-refractivity contribution >= 4 is 10.9 Å². The average molecular weight is 280 g/mol. The van der Waals surface area contributed by atoms with E-state index in [4.69, 9.17) is 0 Å². The van der Waals surface area contributed by atoms with Gasteiger partial charge in [0.2, 0.25) is 0 Å². The van der Waals surface area contributed by atoms with E-state index in [-0.39, 0.29) is 11.2 Å². The highest BCUT2D eigenvalue weighted by Crippen LogP contribution is 2.30. The maximum atomic E-state index is 12.7. The molecule has 0 spiro atoms. The van der Waals surface area contributed by atoms with E-state index in [0.717, 1.165) is 12.1 Å². The summed E-state index contributed by atoms with van der Waals surface area (Å²) in [6.07, 6.45) is -1.59. The minimum atomic E-state index is -4.43. The predicted molar refractivity (Wildman–Crippen MR) is 64.5 cm³/mol. The van der Waals surface area contributed by atoms with Gasteiger partial charge in [0.1, 0.15) is 0 Å². The van der Waals surface area contributed by atoms with E-state index in [1.165, 1.54) is 29.2 Å². The van der Waals surface area contributed by atoms with Crippen molar-refractivity contribution in [3.05, 3.63) is 52.6 Å². The van der Waals surface area contributed by atoms with Gasteiger partial charge in [-0.05, 0) is 18.2 Å². The number of aromatic amines is 1. The molecule has 102 valence electrons. The number of benzene rings is 1. The fourth-order valence-electron chi connectivity index (χ4n) is 1.83. The van der Waals surface area contributed by atoms with Crippen LogP contribution in [0.3, 0.4) is 0 Å². The van der Waals surface area contributed by atoms with Gasteiger partial charge in [-0.1, -0.05) is 6.07 Å². The first-order valence-electron chi connectivity index (χ1n) is 5.56. The lowest BCUT2D eigenvalue weighted by Crippen LogP contribution is -2.08. The van der Waals surface area contributed by atoms with Crippen LogP contribution in [0.2, 0.25) is 0 Å². The van der Waals surface area contributed by atoms with Gasteiger partial charge in [-0.15, -0.1) is 0 Å². The molecule has 2 heterocycles. The number of nitrogens with one attached hydrogen (secondary N) is 1. The molecule has 0 aliphatic heterocycles. The van der Waals surface area contributed by atoms with Crippen molar-refractivity contribution in [2.24, 2.45) is 0 Å². The van der Waals surface area contributed by atoms with Gasteiger partial charge in [-0.2, -0.15) is 23.4 Å². The molecule has 0 radical (unpaired) electrons. The lowest BCUT2D eigenvalue weighted by Gasteiger charge is -2.08. The number of hydrogen-bond donors (Lipinski definition) is 1. The van der Waals surface area contributed by atoms with Gasteiger partial charge in [-0.25, -0.2) is 9.78 Å². The van der Waals surface area contributed by atoms with Crippen molar-refractivity contribution in [2.75, 3.05) is 0 Å². The number of nitrogens with zero attached hydrogens (tertiary/aromatic N) is 3. The zero-order valence-corrected chi connectivity index (χ0v) is 9.85. The Hall–Kier alpha value is -2.64. The first-order valence-corrected chi connectivity index (χ1v) is 5.56. The van der Waals surface area contributed by atoms with Crippen molar-refractivity contribution < 1.29 is 13.2 Å². The Morgan fingerprint density at radius 1 is 1.25 bits per heavy atom. The summed E-state index contributed by atoms with van der Waals surface area (Å²) in [6.45, 7) is 0. The SMILES string of the molecule is O=c1[nH]ncc2cn(-c3cccc(C(F)(F)F)c3)nc12. The molecule has 3 aromatic rings. The van der Waals surface area contributed by atoms with Crippen molar-refractivity contribution in [2.45, 2.75) is 6.18 Å². The van der Waals surface area contributed by atoms with Crippen LogP contribution in [0.5, 0.6) is 0 Å². The second-order valence-corrected chi connectivity index (χ2v) is 4.12. The van der Waals surface area contributed by atoms with Crippen LogP contribution >= 0.6 is 0 Å². The van der Waals surface area contributed by atoms with E-state index in [1.54, 1.807) is 0 Å². The van der Waals surface area contributed by atoms with Crippen LogP contribution in [-0.2, 0) is 6.18 Å². The highest BCUT2D eigenvalue weighted by atomic mass is 19.4. The molecule has 20 heavy (non-hydrogen) atoms. The van der Waals surface area contributed by atoms with Gasteiger partial charge < -0.3 is 0 Å². The molecule has 0 aliphatic carbocycles. The van der Waals surface area contributed by atoms with E-state index in [9.17, 15) is 18.0 Å². The fraction of sp³-hybridized carbons (Fsp3) is 0.0833. The average Bonchev–Trinajstić information content (AvgIpc) is 2.83. The largest absolute Gasteiger partial charge is 0.416 e. The van der Waals surface area contributed by atoms with Crippen molar-refractivity contribution in [3.63, 3.8) is 0 Å². The van der Waals surface area contributed by atoms with Gasteiger partial charge in [0.25, 0.3) is 5.56 Å². The summed E-state index contributed by atoms with van der Waals surface area (Å²) < 4.78 is 39.2. The number of fused-ring (bicyclic) bond motifs is 1. The summed E-state index contributed by atoms with van der Waals surface area (Å²) in [5.41, 5.74) is -0.928. The zero-order chi connectivity index (χ0) is 14.3. The molecular weight excluding hydrogens is 273 g/mol. The molecule has 0 saturated heterocycles. The Kier molecular flexibility index (Phi) is 2.60. The molecule has 0 saturated carbocycles. The number of alkyl halides is 3. The molecular formula is C12H7F3N4O. The second kappa shape index (κ2) is 4.19. The van der Waals surface area contributed by atoms with Crippen LogP contribution in [0.4, 0.5) is 13.2 Å². The fourth-order valence-corrected chi connectivity index (χ4v) is 1.83. The maximum Gasteiger partial charge on any atom is 0.416 e. The smallest absolute Gasteiger partial charge is 0.265 e. The van der Waals surface area contributed by atoms with Crippen LogP contribution in [-0.4, -0.2) is 20.0 Å². The van der Waals surface area contributed by atoms with E-state index in [1.807, 2.05) is 0 Å². The molecule has 3 rings (SSSR count). The van der Waals surface area contributed by atoms with Gasteiger partial charge in [0.15, 0.2) is 5.52 Å². The van der Waals surface area contributed by atoms with Crippen LogP contribution < -0.4 is 5.56 Å². The number of rotatable bonds is 1. The summed E-state index contributed by atoms with van der Waals surface area (Å²) in [6, 6.07) is 4.70. The Balaban J connectivity index is 2.16. The molecule has 1 N–H and O–H groups in total. The third-order valence-electron chi connectivity index (χ3n) is 2.77.